The first-order chi connectivity index (χ1) is 15.1. The molecule has 0 atom stereocenters. The molecule has 0 saturated carbocycles. The minimum atomic E-state index is -0.248. The number of hydrogen-bond donors (Lipinski definition) is 1. The molecular formula is C24H20N6O. The van der Waals surface area contributed by atoms with Crippen LogP contribution in [-0.4, -0.2) is 30.5 Å². The van der Waals surface area contributed by atoms with Gasteiger partial charge in [-0.3, -0.25) is 4.79 Å². The number of fused-ring (bicyclic) bond motifs is 1. The number of amides is 1. The van der Waals surface area contributed by atoms with Crippen molar-refractivity contribution in [1.82, 2.24) is 24.5 Å². The first kappa shape index (κ1) is 18.7. The largest absolute Gasteiger partial charge is 0.306 e. The van der Waals surface area contributed by atoms with E-state index >= 15 is 0 Å². The van der Waals surface area contributed by atoms with Gasteiger partial charge in [0, 0.05) is 11.5 Å². The average molecular weight is 408 g/mol. The second-order valence-electron chi connectivity index (χ2n) is 7.29. The van der Waals surface area contributed by atoms with Crippen LogP contribution < -0.4 is 5.32 Å². The Morgan fingerprint density at radius 3 is 2.52 bits per heavy atom. The number of para-hydroxylation sites is 2. The van der Waals surface area contributed by atoms with Crippen LogP contribution in [0, 0.1) is 13.8 Å². The number of nitrogens with one attached hydrogen (secondary N) is 1. The smallest absolute Gasteiger partial charge is 0.260 e. The van der Waals surface area contributed by atoms with E-state index in [1.807, 2.05) is 86.6 Å². The molecule has 0 aliphatic heterocycles. The third-order valence-electron chi connectivity index (χ3n) is 5.13. The first-order valence-electron chi connectivity index (χ1n) is 9.94. The zero-order valence-electron chi connectivity index (χ0n) is 17.1. The van der Waals surface area contributed by atoms with Crippen LogP contribution in [0.1, 0.15) is 21.7 Å². The van der Waals surface area contributed by atoms with Crippen molar-refractivity contribution in [2.24, 2.45) is 0 Å². The molecule has 0 bridgehead atoms. The maximum Gasteiger partial charge on any atom is 0.260 e. The van der Waals surface area contributed by atoms with Crippen molar-refractivity contribution < 1.29 is 4.79 Å². The lowest BCUT2D eigenvalue weighted by atomic mass is 10.2. The summed E-state index contributed by atoms with van der Waals surface area (Å²) >= 11 is 0. The molecule has 0 aliphatic carbocycles. The lowest BCUT2D eigenvalue weighted by molar-refractivity contribution is 0.102. The number of benzene rings is 2. The van der Waals surface area contributed by atoms with E-state index < -0.39 is 0 Å². The Morgan fingerprint density at radius 2 is 1.68 bits per heavy atom. The van der Waals surface area contributed by atoms with Crippen molar-refractivity contribution >= 4 is 22.6 Å². The summed E-state index contributed by atoms with van der Waals surface area (Å²) in [6, 6.07) is 23.3. The van der Waals surface area contributed by atoms with E-state index in [2.05, 4.69) is 15.5 Å². The van der Waals surface area contributed by atoms with Crippen LogP contribution in [0.2, 0.25) is 0 Å². The van der Waals surface area contributed by atoms with Crippen LogP contribution in [0.25, 0.3) is 22.4 Å². The number of anilines is 1. The Bertz CT molecular complexity index is 1400. The van der Waals surface area contributed by atoms with Crippen LogP contribution in [0.15, 0.2) is 79.0 Å². The number of rotatable bonds is 4. The van der Waals surface area contributed by atoms with Crippen molar-refractivity contribution in [1.29, 1.82) is 0 Å². The lowest BCUT2D eigenvalue weighted by Gasteiger charge is -2.09. The van der Waals surface area contributed by atoms with Crippen LogP contribution in [0.4, 0.5) is 5.82 Å². The molecule has 0 aliphatic rings. The van der Waals surface area contributed by atoms with Crippen LogP contribution in [-0.2, 0) is 0 Å². The highest BCUT2D eigenvalue weighted by atomic mass is 16.1. The van der Waals surface area contributed by atoms with Crippen LogP contribution >= 0.6 is 0 Å². The van der Waals surface area contributed by atoms with Crippen molar-refractivity contribution in [3.63, 3.8) is 0 Å². The summed E-state index contributed by atoms with van der Waals surface area (Å²) in [5.74, 6) is 0.942. The molecule has 0 spiro atoms. The number of carbonyl (C=O) groups excluding carboxylic acids is 1. The molecule has 5 rings (SSSR count). The maximum atomic E-state index is 13.1. The number of aromatic nitrogens is 5. The van der Waals surface area contributed by atoms with E-state index in [1.54, 1.807) is 15.6 Å². The number of aryl methyl sites for hydroxylation is 1. The van der Waals surface area contributed by atoms with Gasteiger partial charge < -0.3 is 5.32 Å². The van der Waals surface area contributed by atoms with E-state index in [4.69, 9.17) is 4.98 Å². The molecular weight excluding hydrogens is 388 g/mol. The van der Waals surface area contributed by atoms with Gasteiger partial charge in [-0.05, 0) is 44.2 Å². The van der Waals surface area contributed by atoms with Gasteiger partial charge in [-0.1, -0.05) is 36.4 Å². The summed E-state index contributed by atoms with van der Waals surface area (Å²) in [6.07, 6.45) is 1.58. The fraction of sp³-hybridized carbons (Fsp3) is 0.0833. The fourth-order valence-corrected chi connectivity index (χ4v) is 3.58. The Hall–Kier alpha value is -4.26. The summed E-state index contributed by atoms with van der Waals surface area (Å²) in [5.41, 5.74) is 3.81. The topological polar surface area (TPSA) is 77.6 Å². The van der Waals surface area contributed by atoms with Gasteiger partial charge in [-0.15, -0.1) is 0 Å². The number of hydrogen-bond acceptors (Lipinski definition) is 4. The van der Waals surface area contributed by atoms with Gasteiger partial charge in [0.25, 0.3) is 5.91 Å². The number of carbonyl (C=O) groups is 1. The Labute approximate surface area is 179 Å². The molecule has 0 radical (unpaired) electrons. The normalized spacial score (nSPS) is 11.0. The average Bonchev–Trinajstić information content (AvgIpc) is 3.36. The quantitative estimate of drug-likeness (QED) is 0.476. The highest BCUT2D eigenvalue weighted by molar-refractivity contribution is 6.04. The molecule has 7 nitrogen and oxygen atoms in total. The highest BCUT2D eigenvalue weighted by Gasteiger charge is 2.18. The molecule has 1 N–H and O–H groups in total. The van der Waals surface area contributed by atoms with Crippen molar-refractivity contribution in [3.05, 3.63) is 95.9 Å². The minimum absolute atomic E-state index is 0.248. The third-order valence-corrected chi connectivity index (χ3v) is 5.13. The second-order valence-corrected chi connectivity index (χ2v) is 7.29. The number of pyridine rings is 1. The zero-order chi connectivity index (χ0) is 21.4. The number of nitrogens with zero attached hydrogens (tertiary/aromatic N) is 5. The lowest BCUT2D eigenvalue weighted by Crippen LogP contribution is -2.16. The summed E-state index contributed by atoms with van der Waals surface area (Å²) in [7, 11) is 0. The molecule has 3 aromatic heterocycles. The van der Waals surface area contributed by atoms with Crippen molar-refractivity contribution in [3.8, 4) is 11.5 Å². The van der Waals surface area contributed by atoms with Gasteiger partial charge in [-0.25, -0.2) is 9.67 Å². The summed E-state index contributed by atoms with van der Waals surface area (Å²) in [6.45, 7) is 3.76. The first-order valence-corrected chi connectivity index (χ1v) is 9.94. The molecule has 5 aromatic rings. The fourth-order valence-electron chi connectivity index (χ4n) is 3.58. The monoisotopic (exact) mass is 408 g/mol. The van der Waals surface area contributed by atoms with Gasteiger partial charge in [0.2, 0.25) is 0 Å². The van der Waals surface area contributed by atoms with E-state index in [0.717, 1.165) is 28.0 Å². The van der Waals surface area contributed by atoms with E-state index in [1.165, 1.54) is 0 Å². The highest BCUT2D eigenvalue weighted by Crippen LogP contribution is 2.21. The summed E-state index contributed by atoms with van der Waals surface area (Å²) in [4.78, 5) is 17.8. The molecule has 152 valence electrons. The molecule has 1 amide bonds. The van der Waals surface area contributed by atoms with E-state index in [-0.39, 0.29) is 5.91 Å². The van der Waals surface area contributed by atoms with Gasteiger partial charge in [-0.2, -0.15) is 14.9 Å². The Morgan fingerprint density at radius 1 is 0.903 bits per heavy atom. The predicted molar refractivity (Wildman–Crippen MR) is 120 cm³/mol. The van der Waals surface area contributed by atoms with Crippen molar-refractivity contribution in [2.45, 2.75) is 13.8 Å². The van der Waals surface area contributed by atoms with Gasteiger partial charge in [0.15, 0.2) is 5.82 Å². The Kier molecular flexibility index (Phi) is 4.55. The van der Waals surface area contributed by atoms with E-state index in [9.17, 15) is 4.79 Å². The van der Waals surface area contributed by atoms with Gasteiger partial charge >= 0.3 is 0 Å². The molecule has 3 heterocycles. The molecule has 7 heteroatoms. The molecule has 0 fully saturated rings. The van der Waals surface area contributed by atoms with Gasteiger partial charge in [0.1, 0.15) is 5.82 Å². The second kappa shape index (κ2) is 7.53. The van der Waals surface area contributed by atoms with Crippen LogP contribution in [0.5, 0.6) is 0 Å². The zero-order valence-corrected chi connectivity index (χ0v) is 17.1. The third kappa shape index (κ3) is 3.46. The molecule has 0 saturated heterocycles. The molecule has 2 aromatic carbocycles. The minimum Gasteiger partial charge on any atom is -0.306 e. The van der Waals surface area contributed by atoms with Crippen molar-refractivity contribution in [2.75, 3.05) is 5.32 Å². The standard InChI is InChI=1S/C24H20N6O/c1-16-14-23(30(28-16)22-13-12-18-8-6-7-11-21(18)26-22)27-24(31)20-15-25-29(17(20)2)19-9-4-3-5-10-19/h3-15H,1-2H3,(H,27,31). The molecule has 0 unspecified atom stereocenters. The summed E-state index contributed by atoms with van der Waals surface area (Å²) < 4.78 is 3.40. The van der Waals surface area contributed by atoms with Crippen LogP contribution in [0.3, 0.4) is 0 Å². The van der Waals surface area contributed by atoms with Gasteiger partial charge in [0.05, 0.1) is 34.4 Å². The van der Waals surface area contributed by atoms with E-state index in [0.29, 0.717) is 17.2 Å². The predicted octanol–water partition coefficient (Wildman–Crippen LogP) is 4.48. The molecule has 31 heavy (non-hydrogen) atoms. The Balaban J connectivity index is 1.47. The summed E-state index contributed by atoms with van der Waals surface area (Å²) in [5, 5.41) is 12.9. The maximum absolute atomic E-state index is 13.1. The SMILES string of the molecule is Cc1cc(NC(=O)c2cnn(-c3ccccc3)c2C)n(-c2ccc3ccccc3n2)n1.